The third-order valence-corrected chi connectivity index (χ3v) is 3.10. The van der Waals surface area contributed by atoms with E-state index in [4.69, 9.17) is 0 Å². The second-order valence-corrected chi connectivity index (χ2v) is 4.34. The Labute approximate surface area is 103 Å². The maximum absolute atomic E-state index is 4.15. The van der Waals surface area contributed by atoms with Gasteiger partial charge in [0.1, 0.15) is 5.82 Å². The van der Waals surface area contributed by atoms with Crippen molar-refractivity contribution in [2.45, 2.75) is 13.5 Å². The normalized spacial score (nSPS) is 10.1. The van der Waals surface area contributed by atoms with Crippen molar-refractivity contribution in [1.82, 2.24) is 9.97 Å². The van der Waals surface area contributed by atoms with Gasteiger partial charge >= 0.3 is 0 Å². The van der Waals surface area contributed by atoms with Crippen molar-refractivity contribution in [3.63, 3.8) is 0 Å². The van der Waals surface area contributed by atoms with Crippen LogP contribution < -0.4 is 5.32 Å². The predicted octanol–water partition coefficient (Wildman–Crippen LogP) is 3.16. The van der Waals surface area contributed by atoms with E-state index in [9.17, 15) is 0 Å². The van der Waals surface area contributed by atoms with Gasteiger partial charge in [-0.05, 0) is 30.7 Å². The predicted molar refractivity (Wildman–Crippen MR) is 68.2 cm³/mol. The summed E-state index contributed by atoms with van der Waals surface area (Å²) in [6, 6.07) is 7.98. The van der Waals surface area contributed by atoms with Crippen LogP contribution in [0.5, 0.6) is 0 Å². The number of hydrogen-bond acceptors (Lipinski definition) is 3. The second kappa shape index (κ2) is 5.07. The van der Waals surface area contributed by atoms with Crippen molar-refractivity contribution in [2.24, 2.45) is 0 Å². The fourth-order valence-electron chi connectivity index (χ4n) is 1.31. The molecule has 82 valence electrons. The fraction of sp³-hybridized carbons (Fsp3) is 0.167. The Kier molecular flexibility index (Phi) is 3.51. The molecule has 16 heavy (non-hydrogen) atoms. The molecule has 0 saturated heterocycles. The maximum atomic E-state index is 4.15. The Morgan fingerprint density at radius 1 is 1.25 bits per heavy atom. The summed E-state index contributed by atoms with van der Waals surface area (Å²) >= 11 is 3.50. The van der Waals surface area contributed by atoms with E-state index >= 15 is 0 Å². The van der Waals surface area contributed by atoms with Gasteiger partial charge in [-0.25, -0.2) is 9.97 Å². The van der Waals surface area contributed by atoms with Gasteiger partial charge in [0.25, 0.3) is 0 Å². The van der Waals surface area contributed by atoms with Crippen LogP contribution in [-0.4, -0.2) is 9.97 Å². The molecule has 0 spiro atoms. The molecule has 0 amide bonds. The number of nitrogens with zero attached hydrogens (tertiary/aromatic N) is 2. The first-order chi connectivity index (χ1) is 7.75. The molecular weight excluding hydrogens is 266 g/mol. The molecule has 0 fully saturated rings. The highest BCUT2D eigenvalue weighted by molar-refractivity contribution is 9.10. The van der Waals surface area contributed by atoms with Gasteiger partial charge < -0.3 is 5.32 Å². The van der Waals surface area contributed by atoms with Crippen LogP contribution in [0.25, 0.3) is 0 Å². The summed E-state index contributed by atoms with van der Waals surface area (Å²) in [7, 11) is 0. The topological polar surface area (TPSA) is 37.8 Å². The molecule has 0 atom stereocenters. The highest BCUT2D eigenvalue weighted by Gasteiger charge is 1.98. The summed E-state index contributed by atoms with van der Waals surface area (Å²) in [5.41, 5.74) is 2.28. The minimum Gasteiger partial charge on any atom is -0.378 e. The van der Waals surface area contributed by atoms with E-state index in [0.717, 1.165) is 16.0 Å². The minimum atomic E-state index is 0.635. The van der Waals surface area contributed by atoms with Crippen molar-refractivity contribution < 1.29 is 0 Å². The standard InChI is InChI=1S/C12H12BrN3/c1-9-3-4-10(7-11(9)13)16-8-12-14-5-2-6-15-12/h2-7,16H,8H2,1H3. The zero-order valence-electron chi connectivity index (χ0n) is 8.94. The van der Waals surface area contributed by atoms with Crippen LogP contribution in [0.15, 0.2) is 41.1 Å². The fourth-order valence-corrected chi connectivity index (χ4v) is 1.68. The van der Waals surface area contributed by atoms with Crippen LogP contribution in [0.2, 0.25) is 0 Å². The lowest BCUT2D eigenvalue weighted by molar-refractivity contribution is 0.948. The van der Waals surface area contributed by atoms with Crippen LogP contribution in [-0.2, 0) is 6.54 Å². The number of aryl methyl sites for hydroxylation is 1. The second-order valence-electron chi connectivity index (χ2n) is 3.48. The smallest absolute Gasteiger partial charge is 0.147 e. The van der Waals surface area contributed by atoms with E-state index in [-0.39, 0.29) is 0 Å². The van der Waals surface area contributed by atoms with Gasteiger partial charge in [0, 0.05) is 22.6 Å². The molecule has 0 radical (unpaired) electrons. The van der Waals surface area contributed by atoms with Crippen LogP contribution in [0.4, 0.5) is 5.69 Å². The number of benzene rings is 1. The number of nitrogens with one attached hydrogen (secondary N) is 1. The Morgan fingerprint density at radius 3 is 2.69 bits per heavy atom. The van der Waals surface area contributed by atoms with E-state index in [1.54, 1.807) is 12.4 Å². The number of rotatable bonds is 3. The largest absolute Gasteiger partial charge is 0.378 e. The number of hydrogen-bond donors (Lipinski definition) is 1. The first-order valence-corrected chi connectivity index (χ1v) is 5.81. The average molecular weight is 278 g/mol. The van der Waals surface area contributed by atoms with E-state index in [1.807, 2.05) is 12.1 Å². The van der Waals surface area contributed by atoms with Gasteiger partial charge in [-0.1, -0.05) is 22.0 Å². The van der Waals surface area contributed by atoms with Gasteiger partial charge in [0.15, 0.2) is 0 Å². The molecule has 3 nitrogen and oxygen atoms in total. The van der Waals surface area contributed by atoms with Gasteiger partial charge in [-0.2, -0.15) is 0 Å². The van der Waals surface area contributed by atoms with Gasteiger partial charge in [-0.15, -0.1) is 0 Å². The molecule has 0 aliphatic heterocycles. The summed E-state index contributed by atoms with van der Waals surface area (Å²) in [6.45, 7) is 2.70. The molecular formula is C12H12BrN3. The van der Waals surface area contributed by atoms with Crippen molar-refractivity contribution in [3.8, 4) is 0 Å². The molecule has 0 bridgehead atoms. The Hall–Kier alpha value is -1.42. The Bertz CT molecular complexity index is 471. The van der Waals surface area contributed by atoms with Crippen molar-refractivity contribution in [1.29, 1.82) is 0 Å². The van der Waals surface area contributed by atoms with Crippen LogP contribution >= 0.6 is 15.9 Å². The lowest BCUT2D eigenvalue weighted by atomic mass is 10.2. The quantitative estimate of drug-likeness (QED) is 0.937. The summed E-state index contributed by atoms with van der Waals surface area (Å²) in [5, 5.41) is 3.27. The molecule has 1 N–H and O–H groups in total. The lowest BCUT2D eigenvalue weighted by Gasteiger charge is -2.06. The molecule has 0 unspecified atom stereocenters. The lowest BCUT2D eigenvalue weighted by Crippen LogP contribution is -2.03. The molecule has 0 saturated carbocycles. The Morgan fingerprint density at radius 2 is 2.00 bits per heavy atom. The molecule has 4 heteroatoms. The zero-order chi connectivity index (χ0) is 11.4. The molecule has 2 aromatic rings. The number of halogens is 1. The summed E-state index contributed by atoms with van der Waals surface area (Å²) < 4.78 is 1.10. The third-order valence-electron chi connectivity index (χ3n) is 2.24. The summed E-state index contributed by atoms with van der Waals surface area (Å²) in [4.78, 5) is 8.30. The van der Waals surface area contributed by atoms with Gasteiger partial charge in [0.2, 0.25) is 0 Å². The van der Waals surface area contributed by atoms with E-state index in [0.29, 0.717) is 6.54 Å². The first kappa shape index (κ1) is 11.1. The molecule has 0 aliphatic rings. The first-order valence-electron chi connectivity index (χ1n) is 5.01. The minimum absolute atomic E-state index is 0.635. The van der Waals surface area contributed by atoms with Gasteiger partial charge in [0.05, 0.1) is 6.54 Å². The summed E-state index contributed by atoms with van der Waals surface area (Å²) in [5.74, 6) is 0.791. The highest BCUT2D eigenvalue weighted by atomic mass is 79.9. The molecule has 1 heterocycles. The third kappa shape index (κ3) is 2.79. The van der Waals surface area contributed by atoms with Crippen LogP contribution in [0.3, 0.4) is 0 Å². The van der Waals surface area contributed by atoms with E-state index < -0.39 is 0 Å². The molecule has 1 aromatic carbocycles. The van der Waals surface area contributed by atoms with Crippen LogP contribution in [0.1, 0.15) is 11.4 Å². The van der Waals surface area contributed by atoms with Crippen molar-refractivity contribution in [2.75, 3.05) is 5.32 Å². The van der Waals surface area contributed by atoms with Crippen LogP contribution in [0, 0.1) is 6.92 Å². The highest BCUT2D eigenvalue weighted by Crippen LogP contribution is 2.20. The molecule has 0 aliphatic carbocycles. The monoisotopic (exact) mass is 277 g/mol. The number of anilines is 1. The molecule has 2 rings (SSSR count). The Balaban J connectivity index is 2.03. The van der Waals surface area contributed by atoms with Crippen molar-refractivity contribution in [3.05, 3.63) is 52.5 Å². The molecule has 1 aromatic heterocycles. The van der Waals surface area contributed by atoms with E-state index in [2.05, 4.69) is 50.3 Å². The SMILES string of the molecule is Cc1ccc(NCc2ncccn2)cc1Br. The van der Waals surface area contributed by atoms with E-state index in [1.165, 1.54) is 5.56 Å². The van der Waals surface area contributed by atoms with Gasteiger partial charge in [-0.3, -0.25) is 0 Å². The average Bonchev–Trinajstić information content (AvgIpc) is 2.32. The maximum Gasteiger partial charge on any atom is 0.147 e. The zero-order valence-corrected chi connectivity index (χ0v) is 10.5. The summed E-state index contributed by atoms with van der Waals surface area (Å²) in [6.07, 6.45) is 3.49. The number of aromatic nitrogens is 2. The van der Waals surface area contributed by atoms with Crippen molar-refractivity contribution >= 4 is 21.6 Å².